The fourth-order valence-electron chi connectivity index (χ4n) is 2.21. The number of fused-ring (bicyclic) bond motifs is 1. The molecule has 6 nitrogen and oxygen atoms in total. The van der Waals surface area contributed by atoms with Gasteiger partial charge in [-0.15, -0.1) is 0 Å². The number of rotatable bonds is 4. The van der Waals surface area contributed by atoms with Gasteiger partial charge in [0.1, 0.15) is 0 Å². The summed E-state index contributed by atoms with van der Waals surface area (Å²) in [6.45, 7) is 3.91. The second kappa shape index (κ2) is 4.91. The Kier molecular flexibility index (Phi) is 3.70. The number of nitrogens with two attached hydrogens (primary N) is 1. The standard InChI is InChI=1S/C12H17ClN4O2S/c1-12(2,16-20(3,18)19)7-17-10-6-8(13)4-5-9(10)15-11(17)14/h4-6,16H,7H2,1-3H3,(H2,14,15). The highest BCUT2D eigenvalue weighted by atomic mass is 35.5. The lowest BCUT2D eigenvalue weighted by molar-refractivity contribution is 0.398. The molecule has 0 radical (unpaired) electrons. The third kappa shape index (κ3) is 3.41. The van der Waals surface area contributed by atoms with E-state index in [0.29, 0.717) is 17.5 Å². The fourth-order valence-corrected chi connectivity index (χ4v) is 3.44. The zero-order chi connectivity index (χ0) is 15.1. The molecule has 0 saturated heterocycles. The van der Waals surface area contributed by atoms with Crippen molar-refractivity contribution < 1.29 is 8.42 Å². The second-order valence-corrected chi connectivity index (χ2v) is 7.63. The maximum absolute atomic E-state index is 11.4. The molecule has 1 heterocycles. The number of nitrogens with zero attached hydrogens (tertiary/aromatic N) is 2. The molecule has 1 aromatic carbocycles. The molecule has 0 atom stereocenters. The fraction of sp³-hybridized carbons (Fsp3) is 0.417. The number of halogens is 1. The van der Waals surface area contributed by atoms with E-state index in [1.165, 1.54) is 0 Å². The van der Waals surface area contributed by atoms with Gasteiger partial charge in [0.25, 0.3) is 0 Å². The molecule has 0 unspecified atom stereocenters. The van der Waals surface area contributed by atoms with E-state index in [-0.39, 0.29) is 0 Å². The van der Waals surface area contributed by atoms with Crippen LogP contribution in [0.3, 0.4) is 0 Å². The lowest BCUT2D eigenvalue weighted by atomic mass is 10.1. The number of anilines is 1. The second-order valence-electron chi connectivity index (χ2n) is 5.45. The van der Waals surface area contributed by atoms with E-state index in [4.69, 9.17) is 17.3 Å². The van der Waals surface area contributed by atoms with Crippen LogP contribution < -0.4 is 10.5 Å². The smallest absolute Gasteiger partial charge is 0.209 e. The Hall–Kier alpha value is -1.31. The molecular weight excluding hydrogens is 300 g/mol. The minimum atomic E-state index is -3.31. The maximum Gasteiger partial charge on any atom is 0.209 e. The van der Waals surface area contributed by atoms with E-state index in [9.17, 15) is 8.42 Å². The molecule has 2 aromatic rings. The quantitative estimate of drug-likeness (QED) is 0.896. The lowest BCUT2D eigenvalue weighted by Gasteiger charge is -2.26. The van der Waals surface area contributed by atoms with Gasteiger partial charge >= 0.3 is 0 Å². The van der Waals surface area contributed by atoms with Gasteiger partial charge in [-0.05, 0) is 32.0 Å². The molecule has 0 spiro atoms. The molecule has 0 amide bonds. The van der Waals surface area contributed by atoms with Gasteiger partial charge in [0.15, 0.2) is 0 Å². The number of sulfonamides is 1. The predicted octanol–water partition coefficient (Wildman–Crippen LogP) is 1.60. The van der Waals surface area contributed by atoms with Crippen LogP contribution in [0.2, 0.25) is 5.02 Å². The van der Waals surface area contributed by atoms with Crippen LogP contribution >= 0.6 is 11.6 Å². The first-order valence-corrected chi connectivity index (χ1v) is 8.24. The van der Waals surface area contributed by atoms with Gasteiger partial charge in [-0.2, -0.15) is 0 Å². The zero-order valence-corrected chi connectivity index (χ0v) is 13.1. The number of benzene rings is 1. The molecule has 0 aliphatic heterocycles. The molecule has 1 aromatic heterocycles. The SMILES string of the molecule is CC(C)(Cn1c(N)nc2ccc(Cl)cc21)NS(C)(=O)=O. The van der Waals surface area contributed by atoms with Gasteiger partial charge in [-0.3, -0.25) is 0 Å². The van der Waals surface area contributed by atoms with Crippen LogP contribution in [0.4, 0.5) is 5.95 Å². The first-order chi connectivity index (χ1) is 9.07. The average Bonchev–Trinajstić information content (AvgIpc) is 2.52. The van der Waals surface area contributed by atoms with E-state index < -0.39 is 15.6 Å². The van der Waals surface area contributed by atoms with Gasteiger partial charge in [0.2, 0.25) is 16.0 Å². The van der Waals surface area contributed by atoms with Crippen LogP contribution in [0, 0.1) is 0 Å². The number of imidazole rings is 1. The topological polar surface area (TPSA) is 90.0 Å². The Morgan fingerprint density at radius 1 is 1.45 bits per heavy atom. The molecule has 2 rings (SSSR count). The summed E-state index contributed by atoms with van der Waals surface area (Å²) in [6, 6.07) is 5.28. The first-order valence-electron chi connectivity index (χ1n) is 5.98. The number of hydrogen-bond acceptors (Lipinski definition) is 4. The van der Waals surface area contributed by atoms with E-state index in [1.807, 2.05) is 0 Å². The predicted molar refractivity (Wildman–Crippen MR) is 81.2 cm³/mol. The Bertz CT molecular complexity index is 752. The van der Waals surface area contributed by atoms with Crippen molar-refractivity contribution in [3.63, 3.8) is 0 Å². The van der Waals surface area contributed by atoms with Crippen molar-refractivity contribution >= 4 is 38.6 Å². The van der Waals surface area contributed by atoms with Gasteiger partial charge < -0.3 is 10.3 Å². The highest BCUT2D eigenvalue weighted by Gasteiger charge is 2.24. The summed E-state index contributed by atoms with van der Waals surface area (Å²) in [5.74, 6) is 0.325. The molecule has 0 aliphatic carbocycles. The third-order valence-corrected chi connectivity index (χ3v) is 3.91. The van der Waals surface area contributed by atoms with Crippen LogP contribution in [0.25, 0.3) is 11.0 Å². The Labute approximate surface area is 123 Å². The average molecular weight is 317 g/mol. The summed E-state index contributed by atoms with van der Waals surface area (Å²) >= 11 is 5.98. The van der Waals surface area contributed by atoms with Crippen LogP contribution in [-0.4, -0.2) is 29.8 Å². The molecular formula is C12H17ClN4O2S. The summed E-state index contributed by atoms with van der Waals surface area (Å²) in [5.41, 5.74) is 6.71. The molecule has 3 N–H and O–H groups in total. The van der Waals surface area contributed by atoms with Crippen LogP contribution in [0.1, 0.15) is 13.8 Å². The molecule has 0 bridgehead atoms. The van der Waals surface area contributed by atoms with Crippen molar-refractivity contribution in [1.29, 1.82) is 0 Å². The lowest BCUT2D eigenvalue weighted by Crippen LogP contribution is -2.46. The summed E-state index contributed by atoms with van der Waals surface area (Å²) in [6.07, 6.45) is 1.13. The largest absolute Gasteiger partial charge is 0.369 e. The van der Waals surface area contributed by atoms with Crippen molar-refractivity contribution in [3.05, 3.63) is 23.2 Å². The van der Waals surface area contributed by atoms with Crippen molar-refractivity contribution in [2.75, 3.05) is 12.0 Å². The molecule has 0 aliphatic rings. The Morgan fingerprint density at radius 2 is 2.10 bits per heavy atom. The minimum Gasteiger partial charge on any atom is -0.369 e. The minimum absolute atomic E-state index is 0.325. The number of aromatic nitrogens is 2. The van der Waals surface area contributed by atoms with E-state index >= 15 is 0 Å². The molecule has 0 saturated carbocycles. The Balaban J connectivity index is 2.43. The third-order valence-electron chi connectivity index (χ3n) is 2.75. The van der Waals surface area contributed by atoms with Crippen molar-refractivity contribution in [3.8, 4) is 0 Å². The number of nitrogens with one attached hydrogen (secondary N) is 1. The monoisotopic (exact) mass is 316 g/mol. The first kappa shape index (κ1) is 15.1. The number of nitrogen functional groups attached to an aromatic ring is 1. The van der Waals surface area contributed by atoms with E-state index in [0.717, 1.165) is 17.3 Å². The molecule has 8 heteroatoms. The van der Waals surface area contributed by atoms with Gasteiger partial charge in [-0.1, -0.05) is 11.6 Å². The maximum atomic E-state index is 11.4. The summed E-state index contributed by atoms with van der Waals surface area (Å²) in [5, 5.41) is 0.576. The highest BCUT2D eigenvalue weighted by molar-refractivity contribution is 7.88. The Morgan fingerprint density at radius 3 is 2.70 bits per heavy atom. The highest BCUT2D eigenvalue weighted by Crippen LogP contribution is 2.23. The zero-order valence-electron chi connectivity index (χ0n) is 11.5. The molecule has 110 valence electrons. The van der Waals surface area contributed by atoms with Gasteiger partial charge in [-0.25, -0.2) is 18.1 Å². The van der Waals surface area contributed by atoms with Crippen LogP contribution in [0.5, 0.6) is 0 Å². The van der Waals surface area contributed by atoms with E-state index in [1.54, 1.807) is 36.6 Å². The van der Waals surface area contributed by atoms with E-state index in [2.05, 4.69) is 9.71 Å². The van der Waals surface area contributed by atoms with Crippen LogP contribution in [-0.2, 0) is 16.6 Å². The molecule has 0 fully saturated rings. The van der Waals surface area contributed by atoms with Crippen molar-refractivity contribution in [1.82, 2.24) is 14.3 Å². The number of hydrogen-bond donors (Lipinski definition) is 2. The summed E-state index contributed by atoms with van der Waals surface area (Å²) in [7, 11) is -3.31. The van der Waals surface area contributed by atoms with Crippen molar-refractivity contribution in [2.24, 2.45) is 0 Å². The summed E-state index contributed by atoms with van der Waals surface area (Å²) in [4.78, 5) is 4.24. The normalized spacial score (nSPS) is 13.0. The van der Waals surface area contributed by atoms with Gasteiger partial charge in [0.05, 0.1) is 17.3 Å². The van der Waals surface area contributed by atoms with Gasteiger partial charge in [0, 0.05) is 17.1 Å². The summed E-state index contributed by atoms with van der Waals surface area (Å²) < 4.78 is 27.1. The molecule has 20 heavy (non-hydrogen) atoms. The van der Waals surface area contributed by atoms with Crippen molar-refractivity contribution in [2.45, 2.75) is 25.9 Å². The van der Waals surface area contributed by atoms with Crippen LogP contribution in [0.15, 0.2) is 18.2 Å².